The van der Waals surface area contributed by atoms with Crippen molar-refractivity contribution in [2.24, 2.45) is 0 Å². The first-order chi connectivity index (χ1) is 4.10. The topological polar surface area (TPSA) is 20.2 Å². The molecule has 0 radical (unpaired) electrons. The molecular formula is C7H10OS. The summed E-state index contributed by atoms with van der Waals surface area (Å²) in [6, 6.07) is 0. The lowest BCUT2D eigenvalue weighted by atomic mass is 9.97. The van der Waals surface area contributed by atoms with Crippen LogP contribution < -0.4 is 0 Å². The van der Waals surface area contributed by atoms with Gasteiger partial charge in [-0.1, -0.05) is 0 Å². The molecule has 2 atom stereocenters. The number of aliphatic hydroxyl groups is 1. The van der Waals surface area contributed by atoms with Crippen molar-refractivity contribution in [1.29, 1.82) is 0 Å². The largest absolute Gasteiger partial charge is 0.385 e. The maximum Gasteiger partial charge on any atom is 0.0886 e. The Bertz CT molecular complexity index is 166. The lowest BCUT2D eigenvalue weighted by molar-refractivity contribution is 0.103. The summed E-state index contributed by atoms with van der Waals surface area (Å²) in [5.41, 5.74) is 2.16. The second kappa shape index (κ2) is 2.22. The van der Waals surface area contributed by atoms with E-state index in [2.05, 4.69) is 18.4 Å². The van der Waals surface area contributed by atoms with Crippen LogP contribution in [0.4, 0.5) is 0 Å². The molecule has 0 heterocycles. The SMILES string of the molecule is CC1(O)C=C=C[C@@H](S)C1. The Morgan fingerprint density at radius 1 is 1.89 bits per heavy atom. The molecule has 0 aliphatic heterocycles. The fourth-order valence-electron chi connectivity index (χ4n) is 0.880. The van der Waals surface area contributed by atoms with Gasteiger partial charge in [-0.15, -0.1) is 5.73 Å². The van der Waals surface area contributed by atoms with E-state index in [9.17, 15) is 5.11 Å². The maximum atomic E-state index is 9.36. The molecule has 50 valence electrons. The van der Waals surface area contributed by atoms with Gasteiger partial charge in [0.1, 0.15) is 0 Å². The van der Waals surface area contributed by atoms with E-state index in [0.717, 1.165) is 0 Å². The molecule has 0 amide bonds. The van der Waals surface area contributed by atoms with Crippen LogP contribution in [0.5, 0.6) is 0 Å². The number of thiol groups is 1. The predicted molar refractivity (Wildman–Crippen MR) is 40.7 cm³/mol. The van der Waals surface area contributed by atoms with E-state index in [4.69, 9.17) is 0 Å². The summed E-state index contributed by atoms with van der Waals surface area (Å²) in [6.07, 6.45) is 4.20. The van der Waals surface area contributed by atoms with Crippen molar-refractivity contribution in [3.63, 3.8) is 0 Å². The third-order valence-electron chi connectivity index (χ3n) is 1.31. The van der Waals surface area contributed by atoms with E-state index in [1.54, 1.807) is 13.0 Å². The Balaban J connectivity index is 2.78. The quantitative estimate of drug-likeness (QED) is 0.384. The molecule has 0 saturated heterocycles. The molecule has 1 nitrogen and oxygen atoms in total. The van der Waals surface area contributed by atoms with E-state index in [-0.39, 0.29) is 5.25 Å². The highest BCUT2D eigenvalue weighted by atomic mass is 32.1. The molecule has 1 rings (SSSR count). The van der Waals surface area contributed by atoms with E-state index in [0.29, 0.717) is 6.42 Å². The van der Waals surface area contributed by atoms with Crippen molar-refractivity contribution in [2.45, 2.75) is 24.2 Å². The average molecular weight is 142 g/mol. The molecule has 1 unspecified atom stereocenters. The summed E-state index contributed by atoms with van der Waals surface area (Å²) in [5.74, 6) is 0. The zero-order chi connectivity index (χ0) is 6.91. The van der Waals surface area contributed by atoms with Gasteiger partial charge in [0.05, 0.1) is 5.60 Å². The minimum absolute atomic E-state index is 0.157. The summed E-state index contributed by atoms with van der Waals surface area (Å²) in [5, 5.41) is 9.52. The zero-order valence-corrected chi connectivity index (χ0v) is 6.23. The Labute approximate surface area is 60.5 Å². The average Bonchev–Trinajstić information content (AvgIpc) is 1.60. The van der Waals surface area contributed by atoms with Crippen LogP contribution in [0.2, 0.25) is 0 Å². The highest BCUT2D eigenvalue weighted by Gasteiger charge is 2.21. The number of rotatable bonds is 0. The molecule has 1 N–H and O–H groups in total. The Hall–Kier alpha value is -0.170. The highest BCUT2D eigenvalue weighted by Crippen LogP contribution is 2.20. The molecule has 0 fully saturated rings. The van der Waals surface area contributed by atoms with Gasteiger partial charge in [-0.05, 0) is 25.5 Å². The van der Waals surface area contributed by atoms with E-state index in [1.807, 2.05) is 6.08 Å². The second-order valence-electron chi connectivity index (χ2n) is 2.61. The number of hydrogen-bond acceptors (Lipinski definition) is 2. The third-order valence-corrected chi connectivity index (χ3v) is 1.64. The lowest BCUT2D eigenvalue weighted by Crippen LogP contribution is -2.26. The van der Waals surface area contributed by atoms with Gasteiger partial charge in [0.2, 0.25) is 0 Å². The minimum atomic E-state index is -0.693. The summed E-state index contributed by atoms with van der Waals surface area (Å²) >= 11 is 4.18. The van der Waals surface area contributed by atoms with Crippen LogP contribution in [-0.4, -0.2) is 16.0 Å². The fourth-order valence-corrected chi connectivity index (χ4v) is 1.34. The second-order valence-corrected chi connectivity index (χ2v) is 3.27. The molecular weight excluding hydrogens is 132 g/mol. The van der Waals surface area contributed by atoms with Crippen LogP contribution in [0.25, 0.3) is 0 Å². The molecule has 0 bridgehead atoms. The maximum absolute atomic E-state index is 9.36. The molecule has 0 saturated carbocycles. The van der Waals surface area contributed by atoms with Crippen molar-refractivity contribution in [1.82, 2.24) is 0 Å². The predicted octanol–water partition coefficient (Wildman–Crippen LogP) is 1.15. The Kier molecular flexibility index (Phi) is 1.71. The van der Waals surface area contributed by atoms with E-state index in [1.165, 1.54) is 0 Å². The third kappa shape index (κ3) is 1.90. The van der Waals surface area contributed by atoms with Gasteiger partial charge in [-0.3, -0.25) is 0 Å². The Morgan fingerprint density at radius 3 is 2.89 bits per heavy atom. The van der Waals surface area contributed by atoms with Gasteiger partial charge >= 0.3 is 0 Å². The summed E-state index contributed by atoms with van der Waals surface area (Å²) < 4.78 is 0. The van der Waals surface area contributed by atoms with Gasteiger partial charge in [0.25, 0.3) is 0 Å². The van der Waals surface area contributed by atoms with Gasteiger partial charge in [-0.2, -0.15) is 12.6 Å². The van der Waals surface area contributed by atoms with Crippen molar-refractivity contribution in [3.8, 4) is 0 Å². The zero-order valence-electron chi connectivity index (χ0n) is 5.33. The molecule has 0 aromatic heterocycles. The van der Waals surface area contributed by atoms with Gasteiger partial charge < -0.3 is 5.11 Å². The van der Waals surface area contributed by atoms with Crippen LogP contribution in [0.3, 0.4) is 0 Å². The molecule has 9 heavy (non-hydrogen) atoms. The van der Waals surface area contributed by atoms with Crippen LogP contribution in [0.1, 0.15) is 13.3 Å². The van der Waals surface area contributed by atoms with Gasteiger partial charge in [0, 0.05) is 5.25 Å². The van der Waals surface area contributed by atoms with Crippen molar-refractivity contribution in [2.75, 3.05) is 0 Å². The standard InChI is InChI=1S/C7H10OS/c1-7(8)4-2-3-6(9)5-7/h3-4,6,8-9H,5H2,1H3/t6-,7?/m1/s1. The van der Waals surface area contributed by atoms with E-state index < -0.39 is 5.60 Å². The summed E-state index contributed by atoms with van der Waals surface area (Å²) in [6.45, 7) is 1.76. The van der Waals surface area contributed by atoms with Crippen molar-refractivity contribution < 1.29 is 5.11 Å². The first kappa shape index (κ1) is 6.94. The summed E-state index contributed by atoms with van der Waals surface area (Å²) in [4.78, 5) is 0. The van der Waals surface area contributed by atoms with Crippen LogP contribution in [0.15, 0.2) is 17.9 Å². The van der Waals surface area contributed by atoms with Crippen LogP contribution >= 0.6 is 12.6 Å². The minimum Gasteiger partial charge on any atom is -0.385 e. The molecule has 0 aromatic rings. The van der Waals surface area contributed by atoms with Gasteiger partial charge in [0.15, 0.2) is 0 Å². The fraction of sp³-hybridized carbons (Fsp3) is 0.571. The monoisotopic (exact) mass is 142 g/mol. The molecule has 0 aromatic carbocycles. The van der Waals surface area contributed by atoms with E-state index >= 15 is 0 Å². The lowest BCUT2D eigenvalue weighted by Gasteiger charge is -2.22. The molecule has 0 spiro atoms. The van der Waals surface area contributed by atoms with Crippen LogP contribution in [-0.2, 0) is 0 Å². The first-order valence-electron chi connectivity index (χ1n) is 2.94. The van der Waals surface area contributed by atoms with Crippen LogP contribution in [0, 0.1) is 0 Å². The first-order valence-corrected chi connectivity index (χ1v) is 3.46. The van der Waals surface area contributed by atoms with Crippen molar-refractivity contribution in [3.05, 3.63) is 17.9 Å². The molecule has 1 aliphatic rings. The Morgan fingerprint density at radius 2 is 2.56 bits per heavy atom. The number of hydrogen-bond donors (Lipinski definition) is 2. The smallest absolute Gasteiger partial charge is 0.0886 e. The molecule has 2 heteroatoms. The van der Waals surface area contributed by atoms with Crippen molar-refractivity contribution >= 4 is 12.6 Å². The highest BCUT2D eigenvalue weighted by molar-refractivity contribution is 7.81. The molecule has 1 aliphatic carbocycles. The summed E-state index contributed by atoms with van der Waals surface area (Å²) in [7, 11) is 0. The van der Waals surface area contributed by atoms with Gasteiger partial charge in [-0.25, -0.2) is 0 Å². The normalized spacial score (nSPS) is 41.4.